The molecule has 1 aromatic rings. The molecule has 1 unspecified atom stereocenters. The molecule has 100 valence electrons. The lowest BCUT2D eigenvalue weighted by Crippen LogP contribution is -2.23. The molecule has 0 aliphatic heterocycles. The number of nitriles is 1. The minimum atomic E-state index is -0.557. The molecule has 7 nitrogen and oxygen atoms in total. The summed E-state index contributed by atoms with van der Waals surface area (Å²) < 4.78 is 10.5. The second-order valence-electron chi connectivity index (χ2n) is 3.55. The van der Waals surface area contributed by atoms with Crippen molar-refractivity contribution < 1.29 is 9.47 Å². The summed E-state index contributed by atoms with van der Waals surface area (Å²) in [6, 6.07) is 6.92. The van der Waals surface area contributed by atoms with Crippen molar-refractivity contribution in [1.82, 2.24) is 5.32 Å². The van der Waals surface area contributed by atoms with Crippen molar-refractivity contribution in [3.63, 3.8) is 0 Å². The van der Waals surface area contributed by atoms with Crippen molar-refractivity contribution in [2.45, 2.75) is 6.04 Å². The molecule has 0 aromatic heterocycles. The SMILES string of the molecule is COc1cccc(C(C#N)NCCN=[N+]=[N-])c1OC. The molecule has 0 aliphatic rings. The third-order valence-corrected chi connectivity index (χ3v) is 2.50. The minimum Gasteiger partial charge on any atom is -0.493 e. The van der Waals surface area contributed by atoms with Gasteiger partial charge in [0, 0.05) is 23.6 Å². The molecular weight excluding hydrogens is 246 g/mol. The molecular formula is C12H15N5O2. The van der Waals surface area contributed by atoms with E-state index in [2.05, 4.69) is 21.4 Å². The lowest BCUT2D eigenvalue weighted by Gasteiger charge is -2.16. The van der Waals surface area contributed by atoms with Crippen molar-refractivity contribution in [1.29, 1.82) is 5.26 Å². The van der Waals surface area contributed by atoms with Gasteiger partial charge < -0.3 is 9.47 Å². The maximum atomic E-state index is 9.21. The molecule has 0 saturated carbocycles. The Kier molecular flexibility index (Phi) is 6.03. The highest BCUT2D eigenvalue weighted by Gasteiger charge is 2.17. The topological polar surface area (TPSA) is 103 Å². The second kappa shape index (κ2) is 7.82. The number of methoxy groups -OCH3 is 2. The lowest BCUT2D eigenvalue weighted by atomic mass is 10.1. The van der Waals surface area contributed by atoms with Gasteiger partial charge in [0.2, 0.25) is 0 Å². The number of benzene rings is 1. The van der Waals surface area contributed by atoms with Crippen LogP contribution in [0.15, 0.2) is 23.3 Å². The van der Waals surface area contributed by atoms with Gasteiger partial charge in [0.25, 0.3) is 0 Å². The highest BCUT2D eigenvalue weighted by molar-refractivity contribution is 5.49. The number of ether oxygens (including phenoxy) is 2. The van der Waals surface area contributed by atoms with Crippen molar-refractivity contribution in [2.24, 2.45) is 5.11 Å². The van der Waals surface area contributed by atoms with Gasteiger partial charge in [-0.05, 0) is 11.6 Å². The Hall–Kier alpha value is -2.42. The van der Waals surface area contributed by atoms with Gasteiger partial charge in [-0.15, -0.1) is 0 Å². The van der Waals surface area contributed by atoms with Gasteiger partial charge in [-0.25, -0.2) is 0 Å². The molecule has 1 N–H and O–H groups in total. The standard InChI is InChI=1S/C12H15N5O2/c1-18-11-5-3-4-9(12(11)19-2)10(8-13)15-6-7-16-17-14/h3-5,10,15H,6-7H2,1-2H3. The maximum absolute atomic E-state index is 9.21. The van der Waals surface area contributed by atoms with Crippen LogP contribution in [-0.2, 0) is 0 Å². The molecule has 0 amide bonds. The van der Waals surface area contributed by atoms with E-state index in [1.807, 2.05) is 0 Å². The molecule has 1 aromatic carbocycles. The van der Waals surface area contributed by atoms with Gasteiger partial charge in [0.1, 0.15) is 6.04 Å². The summed E-state index contributed by atoms with van der Waals surface area (Å²) in [7, 11) is 3.06. The van der Waals surface area contributed by atoms with Gasteiger partial charge in [-0.1, -0.05) is 17.2 Å². The zero-order valence-electron chi connectivity index (χ0n) is 10.8. The van der Waals surface area contributed by atoms with Crippen LogP contribution in [0.1, 0.15) is 11.6 Å². The van der Waals surface area contributed by atoms with Crippen LogP contribution in [0.4, 0.5) is 0 Å². The van der Waals surface area contributed by atoms with Crippen LogP contribution in [0.2, 0.25) is 0 Å². The Bertz CT molecular complexity index is 505. The molecule has 19 heavy (non-hydrogen) atoms. The number of nitrogens with one attached hydrogen (secondary N) is 1. The normalized spacial score (nSPS) is 11.0. The summed E-state index contributed by atoms with van der Waals surface area (Å²) in [4.78, 5) is 2.65. The van der Waals surface area contributed by atoms with Crippen LogP contribution >= 0.6 is 0 Å². The number of para-hydroxylation sites is 1. The fourth-order valence-electron chi connectivity index (χ4n) is 1.67. The summed E-state index contributed by atoms with van der Waals surface area (Å²) in [5, 5.41) is 15.6. The molecule has 0 bridgehead atoms. The Balaban J connectivity index is 2.92. The zero-order valence-corrected chi connectivity index (χ0v) is 10.8. The fourth-order valence-corrected chi connectivity index (χ4v) is 1.67. The molecule has 1 rings (SSSR count). The largest absolute Gasteiger partial charge is 0.493 e. The zero-order chi connectivity index (χ0) is 14.1. The number of rotatable bonds is 7. The quantitative estimate of drug-likeness (QED) is 0.351. The van der Waals surface area contributed by atoms with E-state index in [9.17, 15) is 5.26 Å². The minimum absolute atomic E-state index is 0.279. The van der Waals surface area contributed by atoms with Gasteiger partial charge in [0.15, 0.2) is 11.5 Å². The van der Waals surface area contributed by atoms with Crippen LogP contribution in [-0.4, -0.2) is 27.3 Å². The van der Waals surface area contributed by atoms with E-state index in [-0.39, 0.29) is 6.54 Å². The predicted octanol–water partition coefficient (Wildman–Crippen LogP) is 2.17. The summed E-state index contributed by atoms with van der Waals surface area (Å²) >= 11 is 0. The molecule has 1 atom stereocenters. The Labute approximate surface area is 111 Å². The van der Waals surface area contributed by atoms with E-state index >= 15 is 0 Å². The lowest BCUT2D eigenvalue weighted by molar-refractivity contribution is 0.349. The highest BCUT2D eigenvalue weighted by atomic mass is 16.5. The van der Waals surface area contributed by atoms with E-state index in [1.54, 1.807) is 18.2 Å². The number of nitrogens with zero attached hydrogens (tertiary/aromatic N) is 4. The number of azide groups is 1. The van der Waals surface area contributed by atoms with Crippen LogP contribution in [0.5, 0.6) is 11.5 Å². The van der Waals surface area contributed by atoms with Crippen LogP contribution in [0.25, 0.3) is 10.4 Å². The van der Waals surface area contributed by atoms with E-state index in [1.165, 1.54) is 14.2 Å². The Morgan fingerprint density at radius 3 is 2.84 bits per heavy atom. The number of hydrogen-bond donors (Lipinski definition) is 1. The van der Waals surface area contributed by atoms with Crippen molar-refractivity contribution in [3.8, 4) is 17.6 Å². The summed E-state index contributed by atoms with van der Waals surface area (Å²) in [6.45, 7) is 0.684. The molecule has 0 fully saturated rings. The summed E-state index contributed by atoms with van der Waals surface area (Å²) in [5.74, 6) is 1.09. The van der Waals surface area contributed by atoms with E-state index in [4.69, 9.17) is 15.0 Å². The fraction of sp³-hybridized carbons (Fsp3) is 0.417. The first-order valence-electron chi connectivity index (χ1n) is 5.63. The van der Waals surface area contributed by atoms with Gasteiger partial charge in [-0.2, -0.15) is 5.26 Å². The molecule has 0 radical (unpaired) electrons. The van der Waals surface area contributed by atoms with Crippen LogP contribution < -0.4 is 14.8 Å². The van der Waals surface area contributed by atoms with Crippen molar-refractivity contribution in [3.05, 3.63) is 34.2 Å². The third kappa shape index (κ3) is 3.78. The first kappa shape index (κ1) is 14.6. The Morgan fingerprint density at radius 2 is 2.26 bits per heavy atom. The first-order valence-corrected chi connectivity index (χ1v) is 5.63. The Morgan fingerprint density at radius 1 is 1.47 bits per heavy atom. The molecule has 0 spiro atoms. The predicted molar refractivity (Wildman–Crippen MR) is 69.9 cm³/mol. The molecule has 0 saturated heterocycles. The van der Waals surface area contributed by atoms with E-state index < -0.39 is 6.04 Å². The van der Waals surface area contributed by atoms with Crippen LogP contribution in [0.3, 0.4) is 0 Å². The van der Waals surface area contributed by atoms with Gasteiger partial charge >= 0.3 is 0 Å². The number of hydrogen-bond acceptors (Lipinski definition) is 5. The third-order valence-electron chi connectivity index (χ3n) is 2.50. The average Bonchev–Trinajstić information content (AvgIpc) is 2.46. The van der Waals surface area contributed by atoms with Crippen molar-refractivity contribution >= 4 is 0 Å². The molecule has 7 heteroatoms. The van der Waals surface area contributed by atoms with Gasteiger partial charge in [0.05, 0.1) is 20.3 Å². The maximum Gasteiger partial charge on any atom is 0.166 e. The molecule has 0 aliphatic carbocycles. The van der Waals surface area contributed by atoms with Crippen molar-refractivity contribution in [2.75, 3.05) is 27.3 Å². The second-order valence-corrected chi connectivity index (χ2v) is 3.55. The van der Waals surface area contributed by atoms with Crippen LogP contribution in [0, 0.1) is 11.3 Å². The molecule has 0 heterocycles. The highest BCUT2D eigenvalue weighted by Crippen LogP contribution is 2.34. The van der Waals surface area contributed by atoms with E-state index in [0.29, 0.717) is 23.6 Å². The smallest absolute Gasteiger partial charge is 0.166 e. The monoisotopic (exact) mass is 261 g/mol. The average molecular weight is 261 g/mol. The summed E-state index contributed by atoms with van der Waals surface area (Å²) in [5.41, 5.74) is 8.87. The summed E-state index contributed by atoms with van der Waals surface area (Å²) in [6.07, 6.45) is 0. The van der Waals surface area contributed by atoms with E-state index in [0.717, 1.165) is 0 Å². The van der Waals surface area contributed by atoms with Gasteiger partial charge in [-0.3, -0.25) is 5.32 Å². The first-order chi connectivity index (χ1) is 9.28.